The van der Waals surface area contributed by atoms with E-state index in [-0.39, 0.29) is 0 Å². The SMILES string of the molecule is CCCC1CCC(NC)C(Cc2cc(C)nn2C)C1. The Morgan fingerprint density at radius 2 is 2.21 bits per heavy atom. The molecule has 2 rings (SSSR count). The van der Waals surface area contributed by atoms with E-state index in [9.17, 15) is 0 Å². The van der Waals surface area contributed by atoms with Crippen LogP contribution in [0.2, 0.25) is 0 Å². The van der Waals surface area contributed by atoms with Crippen molar-refractivity contribution >= 4 is 0 Å². The van der Waals surface area contributed by atoms with Crippen molar-refractivity contribution in [3.8, 4) is 0 Å². The topological polar surface area (TPSA) is 29.9 Å². The number of rotatable bonds is 5. The highest BCUT2D eigenvalue weighted by atomic mass is 15.3. The molecule has 1 aliphatic carbocycles. The number of nitrogens with one attached hydrogen (secondary N) is 1. The van der Waals surface area contributed by atoms with Crippen LogP contribution in [-0.2, 0) is 13.5 Å². The van der Waals surface area contributed by atoms with Gasteiger partial charge in [-0.15, -0.1) is 0 Å². The van der Waals surface area contributed by atoms with Crippen LogP contribution in [0.5, 0.6) is 0 Å². The van der Waals surface area contributed by atoms with Crippen LogP contribution < -0.4 is 5.32 Å². The summed E-state index contributed by atoms with van der Waals surface area (Å²) in [5.41, 5.74) is 2.53. The van der Waals surface area contributed by atoms with E-state index in [1.54, 1.807) is 0 Å². The first-order valence-corrected chi connectivity index (χ1v) is 7.80. The zero-order valence-corrected chi connectivity index (χ0v) is 12.9. The van der Waals surface area contributed by atoms with Crippen molar-refractivity contribution in [2.24, 2.45) is 18.9 Å². The molecule has 1 aliphatic rings. The zero-order chi connectivity index (χ0) is 13.8. The maximum absolute atomic E-state index is 4.48. The van der Waals surface area contributed by atoms with Gasteiger partial charge < -0.3 is 5.32 Å². The van der Waals surface area contributed by atoms with Crippen LogP contribution in [0.15, 0.2) is 6.07 Å². The Bertz CT molecular complexity index is 397. The molecule has 3 atom stereocenters. The Morgan fingerprint density at radius 1 is 1.42 bits per heavy atom. The Balaban J connectivity index is 2.03. The highest BCUT2D eigenvalue weighted by Crippen LogP contribution is 2.34. The summed E-state index contributed by atoms with van der Waals surface area (Å²) in [5, 5.41) is 8.01. The number of aromatic nitrogens is 2. The molecule has 1 fully saturated rings. The maximum atomic E-state index is 4.48. The molecule has 108 valence electrons. The molecule has 1 N–H and O–H groups in total. The highest BCUT2D eigenvalue weighted by molar-refractivity contribution is 5.10. The summed E-state index contributed by atoms with van der Waals surface area (Å²) in [6.07, 6.45) is 8.01. The fourth-order valence-electron chi connectivity index (χ4n) is 3.76. The minimum Gasteiger partial charge on any atom is -0.317 e. The lowest BCUT2D eigenvalue weighted by molar-refractivity contribution is 0.198. The van der Waals surface area contributed by atoms with Crippen molar-refractivity contribution in [2.45, 2.75) is 58.4 Å². The molecule has 0 amide bonds. The van der Waals surface area contributed by atoms with Crippen LogP contribution in [0.1, 0.15) is 50.4 Å². The number of hydrogen-bond acceptors (Lipinski definition) is 2. The molecule has 0 radical (unpaired) electrons. The third-order valence-corrected chi connectivity index (χ3v) is 4.73. The van der Waals surface area contributed by atoms with Gasteiger partial charge in [-0.25, -0.2) is 0 Å². The minimum absolute atomic E-state index is 0.684. The van der Waals surface area contributed by atoms with E-state index in [2.05, 4.69) is 49.1 Å². The molecule has 3 nitrogen and oxygen atoms in total. The van der Waals surface area contributed by atoms with Gasteiger partial charge in [0.15, 0.2) is 0 Å². The van der Waals surface area contributed by atoms with E-state index in [1.807, 2.05) is 0 Å². The Hall–Kier alpha value is -0.830. The Morgan fingerprint density at radius 3 is 2.79 bits per heavy atom. The van der Waals surface area contributed by atoms with Crippen LogP contribution in [0.4, 0.5) is 0 Å². The van der Waals surface area contributed by atoms with E-state index < -0.39 is 0 Å². The number of aryl methyl sites for hydroxylation is 2. The number of nitrogens with zero attached hydrogens (tertiary/aromatic N) is 2. The lowest BCUT2D eigenvalue weighted by Crippen LogP contribution is -2.40. The first kappa shape index (κ1) is 14.6. The molecule has 3 heteroatoms. The average molecular weight is 263 g/mol. The van der Waals surface area contributed by atoms with Crippen LogP contribution in [0, 0.1) is 18.8 Å². The summed E-state index contributed by atoms with van der Waals surface area (Å²) < 4.78 is 2.06. The molecule has 3 unspecified atom stereocenters. The van der Waals surface area contributed by atoms with E-state index >= 15 is 0 Å². The van der Waals surface area contributed by atoms with Gasteiger partial charge in [-0.2, -0.15) is 5.10 Å². The molecule has 0 spiro atoms. The number of hydrogen-bond donors (Lipinski definition) is 1. The van der Waals surface area contributed by atoms with Gasteiger partial charge in [-0.3, -0.25) is 4.68 Å². The van der Waals surface area contributed by atoms with Gasteiger partial charge in [0.2, 0.25) is 0 Å². The maximum Gasteiger partial charge on any atom is 0.0596 e. The van der Waals surface area contributed by atoms with E-state index in [4.69, 9.17) is 0 Å². The van der Waals surface area contributed by atoms with E-state index in [1.165, 1.54) is 44.2 Å². The standard InChI is InChI=1S/C16H29N3/c1-5-6-13-7-8-16(17-3)14(10-13)11-15-9-12(2)18-19(15)4/h9,13-14,16-17H,5-8,10-11H2,1-4H3. The molecule has 19 heavy (non-hydrogen) atoms. The van der Waals surface area contributed by atoms with Crippen molar-refractivity contribution in [1.29, 1.82) is 0 Å². The second-order valence-electron chi connectivity index (χ2n) is 6.23. The molecule has 1 saturated carbocycles. The summed E-state index contributed by atoms with van der Waals surface area (Å²) in [7, 11) is 4.19. The lowest BCUT2D eigenvalue weighted by atomic mass is 9.74. The Labute approximate surface area is 117 Å². The van der Waals surface area contributed by atoms with Gasteiger partial charge in [0.1, 0.15) is 0 Å². The van der Waals surface area contributed by atoms with Crippen LogP contribution in [-0.4, -0.2) is 22.9 Å². The van der Waals surface area contributed by atoms with Crippen molar-refractivity contribution in [3.63, 3.8) is 0 Å². The zero-order valence-electron chi connectivity index (χ0n) is 12.9. The summed E-state index contributed by atoms with van der Waals surface area (Å²) in [4.78, 5) is 0. The second kappa shape index (κ2) is 6.56. The second-order valence-corrected chi connectivity index (χ2v) is 6.23. The largest absolute Gasteiger partial charge is 0.317 e. The first-order valence-electron chi connectivity index (χ1n) is 7.80. The minimum atomic E-state index is 0.684. The fourth-order valence-corrected chi connectivity index (χ4v) is 3.76. The lowest BCUT2D eigenvalue weighted by Gasteiger charge is -2.36. The highest BCUT2D eigenvalue weighted by Gasteiger charge is 2.29. The van der Waals surface area contributed by atoms with Gasteiger partial charge >= 0.3 is 0 Å². The summed E-state index contributed by atoms with van der Waals surface area (Å²) in [6, 6.07) is 2.93. The predicted molar refractivity (Wildman–Crippen MR) is 80.2 cm³/mol. The molecule has 0 bridgehead atoms. The summed E-state index contributed by atoms with van der Waals surface area (Å²) in [6.45, 7) is 4.39. The van der Waals surface area contributed by atoms with Crippen molar-refractivity contribution in [2.75, 3.05) is 7.05 Å². The Kier molecular flexibility index (Phi) is 5.03. The van der Waals surface area contributed by atoms with Gasteiger partial charge in [-0.05, 0) is 57.6 Å². The van der Waals surface area contributed by atoms with E-state index in [0.29, 0.717) is 6.04 Å². The smallest absolute Gasteiger partial charge is 0.0596 e. The third-order valence-electron chi connectivity index (χ3n) is 4.73. The monoisotopic (exact) mass is 263 g/mol. The molecule has 0 aromatic carbocycles. The predicted octanol–water partition coefficient (Wildman–Crippen LogP) is 3.08. The normalized spacial score (nSPS) is 27.7. The van der Waals surface area contributed by atoms with Gasteiger partial charge in [0.05, 0.1) is 5.69 Å². The van der Waals surface area contributed by atoms with Crippen LogP contribution in [0.3, 0.4) is 0 Å². The molecule has 1 aromatic rings. The van der Waals surface area contributed by atoms with Crippen LogP contribution >= 0.6 is 0 Å². The molecule has 0 saturated heterocycles. The first-order chi connectivity index (χ1) is 9.13. The third kappa shape index (κ3) is 3.59. The molecule has 0 aliphatic heterocycles. The van der Waals surface area contributed by atoms with Crippen molar-refractivity contribution in [1.82, 2.24) is 15.1 Å². The van der Waals surface area contributed by atoms with Crippen LogP contribution in [0.25, 0.3) is 0 Å². The fraction of sp³-hybridized carbons (Fsp3) is 0.812. The van der Waals surface area contributed by atoms with Crippen molar-refractivity contribution < 1.29 is 0 Å². The molecule has 1 aromatic heterocycles. The van der Waals surface area contributed by atoms with Crippen molar-refractivity contribution in [3.05, 3.63) is 17.5 Å². The van der Waals surface area contributed by atoms with Gasteiger partial charge in [0, 0.05) is 18.8 Å². The molecular weight excluding hydrogens is 234 g/mol. The van der Waals surface area contributed by atoms with Gasteiger partial charge in [-0.1, -0.05) is 19.8 Å². The quantitative estimate of drug-likeness (QED) is 0.885. The van der Waals surface area contributed by atoms with Gasteiger partial charge in [0.25, 0.3) is 0 Å². The van der Waals surface area contributed by atoms with E-state index in [0.717, 1.165) is 17.5 Å². The average Bonchev–Trinajstić information content (AvgIpc) is 2.69. The summed E-state index contributed by atoms with van der Waals surface area (Å²) in [5.74, 6) is 1.71. The summed E-state index contributed by atoms with van der Waals surface area (Å²) >= 11 is 0. The molecular formula is C16H29N3. The molecule has 1 heterocycles.